The predicted octanol–water partition coefficient (Wildman–Crippen LogP) is 5.49. The van der Waals surface area contributed by atoms with Crippen LogP contribution in [0.25, 0.3) is 10.8 Å². The molecule has 20 heavy (non-hydrogen) atoms. The van der Waals surface area contributed by atoms with Crippen LogP contribution in [-0.2, 0) is 0 Å². The molecule has 3 aromatic carbocycles. The van der Waals surface area contributed by atoms with E-state index in [0.717, 1.165) is 15.2 Å². The second kappa shape index (κ2) is 5.39. The summed E-state index contributed by atoms with van der Waals surface area (Å²) in [4.78, 5) is 12.6. The average Bonchev–Trinajstić information content (AvgIpc) is 2.49. The quantitative estimate of drug-likeness (QED) is 0.562. The van der Waals surface area contributed by atoms with Gasteiger partial charge in [-0.15, -0.1) is 0 Å². The molecule has 3 heteroatoms. The first-order chi connectivity index (χ1) is 9.66. The van der Waals surface area contributed by atoms with Gasteiger partial charge in [0.25, 0.3) is 0 Å². The Hall–Kier alpha value is -1.64. The Labute approximate surface area is 130 Å². The second-order valence-corrected chi connectivity index (χ2v) is 5.75. The summed E-state index contributed by atoms with van der Waals surface area (Å²) in [6.07, 6.45) is 0. The molecular formula is C17H10BrClO. The van der Waals surface area contributed by atoms with Gasteiger partial charge >= 0.3 is 0 Å². The maximum Gasteiger partial charge on any atom is 0.193 e. The van der Waals surface area contributed by atoms with Crippen molar-refractivity contribution < 1.29 is 4.79 Å². The number of carbonyl (C=O) groups is 1. The smallest absolute Gasteiger partial charge is 0.193 e. The lowest BCUT2D eigenvalue weighted by Crippen LogP contribution is -2.02. The summed E-state index contributed by atoms with van der Waals surface area (Å²) >= 11 is 9.40. The number of carbonyl (C=O) groups excluding carboxylic acids is 1. The molecule has 0 fully saturated rings. The van der Waals surface area contributed by atoms with Gasteiger partial charge in [-0.25, -0.2) is 0 Å². The lowest BCUT2D eigenvalue weighted by molar-refractivity contribution is 0.104. The number of halogens is 2. The van der Waals surface area contributed by atoms with Crippen molar-refractivity contribution in [3.8, 4) is 0 Å². The average molecular weight is 346 g/mol. The van der Waals surface area contributed by atoms with Gasteiger partial charge in [0.2, 0.25) is 0 Å². The van der Waals surface area contributed by atoms with E-state index in [9.17, 15) is 4.79 Å². The largest absolute Gasteiger partial charge is 0.289 e. The van der Waals surface area contributed by atoms with E-state index in [1.165, 1.54) is 0 Å². The molecule has 0 heterocycles. The van der Waals surface area contributed by atoms with Crippen molar-refractivity contribution in [3.05, 3.63) is 81.3 Å². The van der Waals surface area contributed by atoms with Crippen molar-refractivity contribution in [2.24, 2.45) is 0 Å². The van der Waals surface area contributed by atoms with Gasteiger partial charge in [0.1, 0.15) is 0 Å². The number of hydrogen-bond acceptors (Lipinski definition) is 1. The molecule has 0 unspecified atom stereocenters. The molecular weight excluding hydrogens is 336 g/mol. The summed E-state index contributed by atoms with van der Waals surface area (Å²) < 4.78 is 0.786. The number of ketones is 1. The number of hydrogen-bond donors (Lipinski definition) is 0. The fourth-order valence-electron chi connectivity index (χ4n) is 2.22. The third-order valence-corrected chi connectivity index (χ3v) is 4.45. The molecule has 3 aromatic rings. The fourth-order valence-corrected chi connectivity index (χ4v) is 2.64. The lowest BCUT2D eigenvalue weighted by atomic mass is 9.97. The molecule has 0 atom stereocenters. The summed E-state index contributed by atoms with van der Waals surface area (Å²) in [6.45, 7) is 0. The summed E-state index contributed by atoms with van der Waals surface area (Å²) in [7, 11) is 0. The van der Waals surface area contributed by atoms with Gasteiger partial charge in [0.05, 0.1) is 5.02 Å². The number of benzene rings is 3. The minimum atomic E-state index is -0.0174. The van der Waals surface area contributed by atoms with Gasteiger partial charge in [-0.3, -0.25) is 4.79 Å². The molecule has 0 spiro atoms. The molecule has 0 radical (unpaired) electrons. The zero-order valence-electron chi connectivity index (χ0n) is 10.4. The monoisotopic (exact) mass is 344 g/mol. The van der Waals surface area contributed by atoms with E-state index in [0.29, 0.717) is 16.1 Å². The molecule has 0 saturated heterocycles. The minimum absolute atomic E-state index is 0.0174. The van der Waals surface area contributed by atoms with Gasteiger partial charge in [-0.1, -0.05) is 54.1 Å². The van der Waals surface area contributed by atoms with Crippen molar-refractivity contribution in [3.63, 3.8) is 0 Å². The Morgan fingerprint density at radius 2 is 1.70 bits per heavy atom. The highest BCUT2D eigenvalue weighted by atomic mass is 79.9. The Bertz CT molecular complexity index is 806. The van der Waals surface area contributed by atoms with Crippen LogP contribution in [0.2, 0.25) is 5.02 Å². The van der Waals surface area contributed by atoms with Crippen LogP contribution in [0.4, 0.5) is 0 Å². The van der Waals surface area contributed by atoms with Crippen LogP contribution in [0.1, 0.15) is 15.9 Å². The Balaban J connectivity index is 2.15. The molecule has 0 bridgehead atoms. The maximum atomic E-state index is 12.6. The van der Waals surface area contributed by atoms with Crippen molar-refractivity contribution in [2.45, 2.75) is 0 Å². The highest BCUT2D eigenvalue weighted by Crippen LogP contribution is 2.26. The molecule has 98 valence electrons. The third-order valence-electron chi connectivity index (χ3n) is 3.22. The number of rotatable bonds is 2. The Morgan fingerprint density at radius 3 is 2.50 bits per heavy atom. The van der Waals surface area contributed by atoms with Crippen LogP contribution in [0, 0.1) is 0 Å². The fraction of sp³-hybridized carbons (Fsp3) is 0. The zero-order chi connectivity index (χ0) is 14.1. The topological polar surface area (TPSA) is 17.1 Å². The minimum Gasteiger partial charge on any atom is -0.289 e. The number of fused-ring (bicyclic) bond motifs is 1. The van der Waals surface area contributed by atoms with Gasteiger partial charge in [0.15, 0.2) is 5.78 Å². The molecule has 0 N–H and O–H groups in total. The van der Waals surface area contributed by atoms with Gasteiger partial charge in [-0.2, -0.15) is 0 Å². The van der Waals surface area contributed by atoms with Crippen LogP contribution in [-0.4, -0.2) is 5.78 Å². The molecule has 1 nitrogen and oxygen atoms in total. The Kier molecular flexibility index (Phi) is 3.60. The van der Waals surface area contributed by atoms with Crippen molar-refractivity contribution in [1.82, 2.24) is 0 Å². The standard InChI is InChI=1S/C17H10BrClO/c18-15-9-8-12(10-16(15)19)17(20)14-7-3-5-11-4-1-2-6-13(11)14/h1-10H. The lowest BCUT2D eigenvalue weighted by Gasteiger charge is -2.06. The van der Waals surface area contributed by atoms with Crippen LogP contribution in [0.3, 0.4) is 0 Å². The summed E-state index contributed by atoms with van der Waals surface area (Å²) in [5.41, 5.74) is 1.29. The molecule has 3 rings (SSSR count). The SMILES string of the molecule is O=C(c1ccc(Br)c(Cl)c1)c1cccc2ccccc12. The van der Waals surface area contributed by atoms with Gasteiger partial charge in [0, 0.05) is 15.6 Å². The first-order valence-corrected chi connectivity index (χ1v) is 7.31. The molecule has 0 aliphatic carbocycles. The van der Waals surface area contributed by atoms with Crippen LogP contribution < -0.4 is 0 Å². The van der Waals surface area contributed by atoms with E-state index >= 15 is 0 Å². The predicted molar refractivity (Wildman–Crippen MR) is 86.5 cm³/mol. The molecule has 0 aliphatic heterocycles. The normalized spacial score (nSPS) is 10.7. The van der Waals surface area contributed by atoms with E-state index in [1.54, 1.807) is 18.2 Å². The van der Waals surface area contributed by atoms with E-state index < -0.39 is 0 Å². The molecule has 0 amide bonds. The van der Waals surface area contributed by atoms with Crippen LogP contribution in [0.5, 0.6) is 0 Å². The van der Waals surface area contributed by atoms with Crippen molar-refractivity contribution in [1.29, 1.82) is 0 Å². The summed E-state index contributed by atoms with van der Waals surface area (Å²) in [5, 5.41) is 2.55. The summed E-state index contributed by atoms with van der Waals surface area (Å²) in [5.74, 6) is -0.0174. The van der Waals surface area contributed by atoms with E-state index in [2.05, 4.69) is 15.9 Å². The maximum absolute atomic E-state index is 12.6. The van der Waals surface area contributed by atoms with E-state index in [-0.39, 0.29) is 5.78 Å². The van der Waals surface area contributed by atoms with E-state index in [1.807, 2.05) is 42.5 Å². The molecule has 0 aliphatic rings. The first-order valence-electron chi connectivity index (χ1n) is 6.14. The van der Waals surface area contributed by atoms with Crippen molar-refractivity contribution in [2.75, 3.05) is 0 Å². The molecule has 0 aromatic heterocycles. The van der Waals surface area contributed by atoms with Crippen LogP contribution in [0.15, 0.2) is 65.1 Å². The van der Waals surface area contributed by atoms with Gasteiger partial charge < -0.3 is 0 Å². The van der Waals surface area contributed by atoms with Crippen LogP contribution >= 0.6 is 27.5 Å². The first kappa shape index (κ1) is 13.3. The zero-order valence-corrected chi connectivity index (χ0v) is 12.8. The van der Waals surface area contributed by atoms with Gasteiger partial charge in [-0.05, 0) is 44.9 Å². The highest BCUT2D eigenvalue weighted by Gasteiger charge is 2.13. The third kappa shape index (κ3) is 2.37. The Morgan fingerprint density at radius 1 is 0.950 bits per heavy atom. The highest BCUT2D eigenvalue weighted by molar-refractivity contribution is 9.10. The van der Waals surface area contributed by atoms with Crippen molar-refractivity contribution >= 4 is 44.1 Å². The van der Waals surface area contributed by atoms with E-state index in [4.69, 9.17) is 11.6 Å². The summed E-state index contributed by atoms with van der Waals surface area (Å²) in [6, 6.07) is 18.9. The second-order valence-electron chi connectivity index (χ2n) is 4.48. The molecule has 0 saturated carbocycles.